The average molecular weight is 324 g/mol. The summed E-state index contributed by atoms with van der Waals surface area (Å²) in [5.74, 6) is 0.910. The van der Waals surface area contributed by atoms with Gasteiger partial charge >= 0.3 is 0 Å². The molecule has 0 bridgehead atoms. The quantitative estimate of drug-likeness (QED) is 0.644. The molecular formula is C19H24N4O. The first-order valence-corrected chi connectivity index (χ1v) is 8.72. The van der Waals surface area contributed by atoms with Crippen molar-refractivity contribution in [2.75, 3.05) is 0 Å². The third-order valence-electron chi connectivity index (χ3n) is 4.34. The molecule has 0 aliphatic rings. The number of imidazole rings is 1. The van der Waals surface area contributed by atoms with Crippen molar-refractivity contribution in [2.24, 2.45) is 5.73 Å². The zero-order valence-electron chi connectivity index (χ0n) is 14.2. The lowest BCUT2D eigenvalue weighted by atomic mass is 10.1. The van der Waals surface area contributed by atoms with E-state index < -0.39 is 0 Å². The van der Waals surface area contributed by atoms with Gasteiger partial charge in [0.15, 0.2) is 0 Å². The standard InChI is InChI=1S/C19H24N4O/c1-2-8-18-22-16-13-21-15-10-6-5-9-14(15)19(16)23(18)12-7-3-4-11-17(20)24/h5-6,9-10,13H,2-4,7-8,11-12H2,1H3,(H2,20,24). The van der Waals surface area contributed by atoms with Gasteiger partial charge in [-0.05, 0) is 25.3 Å². The molecule has 0 fully saturated rings. The Labute approximate surface area is 141 Å². The van der Waals surface area contributed by atoms with E-state index >= 15 is 0 Å². The van der Waals surface area contributed by atoms with Crippen LogP contribution in [0.25, 0.3) is 21.9 Å². The van der Waals surface area contributed by atoms with Gasteiger partial charge in [-0.3, -0.25) is 9.78 Å². The number of aromatic nitrogens is 3. The molecule has 0 atom stereocenters. The van der Waals surface area contributed by atoms with Crippen LogP contribution in [0.5, 0.6) is 0 Å². The Morgan fingerprint density at radius 3 is 2.79 bits per heavy atom. The summed E-state index contributed by atoms with van der Waals surface area (Å²) < 4.78 is 2.34. The molecule has 3 aromatic rings. The monoisotopic (exact) mass is 324 g/mol. The molecule has 0 radical (unpaired) electrons. The van der Waals surface area contributed by atoms with Crippen molar-refractivity contribution in [3.63, 3.8) is 0 Å². The number of nitrogens with two attached hydrogens (primary N) is 1. The second-order valence-electron chi connectivity index (χ2n) is 6.22. The number of carbonyl (C=O) groups is 1. The number of aryl methyl sites for hydroxylation is 2. The molecule has 126 valence electrons. The van der Waals surface area contributed by atoms with Gasteiger partial charge in [0, 0.05) is 24.8 Å². The third kappa shape index (κ3) is 3.40. The predicted octanol–water partition coefficient (Wildman–Crippen LogP) is 3.58. The number of benzene rings is 1. The van der Waals surface area contributed by atoms with Crippen molar-refractivity contribution in [3.8, 4) is 0 Å². The maximum absolute atomic E-state index is 10.9. The highest BCUT2D eigenvalue weighted by Gasteiger charge is 2.13. The Hall–Kier alpha value is -2.43. The molecule has 0 spiro atoms. The van der Waals surface area contributed by atoms with Crippen LogP contribution in [-0.2, 0) is 17.8 Å². The highest BCUT2D eigenvalue weighted by atomic mass is 16.1. The number of carbonyl (C=O) groups excluding carboxylic acids is 1. The second kappa shape index (κ2) is 7.43. The number of unbranched alkanes of at least 4 members (excludes halogenated alkanes) is 2. The highest BCUT2D eigenvalue weighted by Crippen LogP contribution is 2.25. The number of para-hydroxylation sites is 1. The van der Waals surface area contributed by atoms with Gasteiger partial charge in [-0.25, -0.2) is 4.98 Å². The van der Waals surface area contributed by atoms with Gasteiger partial charge in [0.2, 0.25) is 5.91 Å². The molecular weight excluding hydrogens is 300 g/mol. The van der Waals surface area contributed by atoms with Crippen molar-refractivity contribution in [1.29, 1.82) is 0 Å². The summed E-state index contributed by atoms with van der Waals surface area (Å²) in [7, 11) is 0. The normalized spacial score (nSPS) is 11.4. The Morgan fingerprint density at radius 2 is 2.00 bits per heavy atom. The van der Waals surface area contributed by atoms with Gasteiger partial charge in [0.05, 0.1) is 17.2 Å². The molecule has 5 heteroatoms. The number of primary amides is 1. The molecule has 2 aromatic heterocycles. The van der Waals surface area contributed by atoms with Gasteiger partial charge in [0.25, 0.3) is 0 Å². The summed E-state index contributed by atoms with van der Waals surface area (Å²) in [4.78, 5) is 20.2. The molecule has 0 aliphatic carbocycles. The van der Waals surface area contributed by atoms with E-state index in [0.717, 1.165) is 60.9 Å². The van der Waals surface area contributed by atoms with E-state index in [1.54, 1.807) is 0 Å². The van der Waals surface area contributed by atoms with E-state index in [4.69, 9.17) is 10.7 Å². The van der Waals surface area contributed by atoms with Crippen LogP contribution in [0.3, 0.4) is 0 Å². The zero-order valence-corrected chi connectivity index (χ0v) is 14.2. The fourth-order valence-electron chi connectivity index (χ4n) is 3.21. The predicted molar refractivity (Wildman–Crippen MR) is 96.7 cm³/mol. The van der Waals surface area contributed by atoms with Crippen LogP contribution in [0.2, 0.25) is 0 Å². The summed E-state index contributed by atoms with van der Waals surface area (Å²) in [5.41, 5.74) is 8.36. The SMILES string of the molecule is CCCc1nc2cnc3ccccc3c2n1CCCCCC(N)=O. The Morgan fingerprint density at radius 1 is 1.17 bits per heavy atom. The van der Waals surface area contributed by atoms with E-state index in [9.17, 15) is 4.79 Å². The van der Waals surface area contributed by atoms with E-state index in [2.05, 4.69) is 22.5 Å². The number of hydrogen-bond donors (Lipinski definition) is 1. The van der Waals surface area contributed by atoms with Crippen LogP contribution in [0.4, 0.5) is 0 Å². The van der Waals surface area contributed by atoms with Crippen LogP contribution in [0, 0.1) is 0 Å². The maximum Gasteiger partial charge on any atom is 0.217 e. The fourth-order valence-corrected chi connectivity index (χ4v) is 3.21. The minimum atomic E-state index is -0.216. The number of fused-ring (bicyclic) bond motifs is 3. The van der Waals surface area contributed by atoms with Crippen molar-refractivity contribution in [1.82, 2.24) is 14.5 Å². The van der Waals surface area contributed by atoms with Crippen molar-refractivity contribution in [2.45, 2.75) is 52.0 Å². The maximum atomic E-state index is 10.9. The second-order valence-corrected chi connectivity index (χ2v) is 6.22. The molecule has 0 aliphatic heterocycles. The van der Waals surface area contributed by atoms with Crippen LogP contribution < -0.4 is 5.73 Å². The summed E-state index contributed by atoms with van der Waals surface area (Å²) in [6.07, 6.45) is 7.25. The first kappa shape index (κ1) is 16.4. The minimum absolute atomic E-state index is 0.216. The van der Waals surface area contributed by atoms with Gasteiger partial charge in [-0.2, -0.15) is 0 Å². The number of rotatable bonds is 8. The largest absolute Gasteiger partial charge is 0.370 e. The Kier molecular flexibility index (Phi) is 5.08. The lowest BCUT2D eigenvalue weighted by Crippen LogP contribution is -2.10. The molecule has 5 nitrogen and oxygen atoms in total. The molecule has 2 N–H and O–H groups in total. The number of pyridine rings is 1. The van der Waals surface area contributed by atoms with E-state index in [1.807, 2.05) is 24.4 Å². The molecule has 1 amide bonds. The first-order chi connectivity index (χ1) is 11.7. The zero-order chi connectivity index (χ0) is 16.9. The number of nitrogens with zero attached hydrogens (tertiary/aromatic N) is 3. The van der Waals surface area contributed by atoms with Crippen LogP contribution in [0.1, 0.15) is 44.9 Å². The summed E-state index contributed by atoms with van der Waals surface area (Å²) in [6, 6.07) is 8.22. The van der Waals surface area contributed by atoms with Crippen LogP contribution in [-0.4, -0.2) is 20.4 Å². The topological polar surface area (TPSA) is 73.8 Å². The lowest BCUT2D eigenvalue weighted by Gasteiger charge is -2.10. The van der Waals surface area contributed by atoms with Crippen LogP contribution in [0.15, 0.2) is 30.5 Å². The number of hydrogen-bond acceptors (Lipinski definition) is 3. The van der Waals surface area contributed by atoms with Crippen molar-refractivity contribution < 1.29 is 4.79 Å². The van der Waals surface area contributed by atoms with Gasteiger partial charge in [-0.1, -0.05) is 31.5 Å². The number of amides is 1. The fraction of sp³-hybridized carbons (Fsp3) is 0.421. The lowest BCUT2D eigenvalue weighted by molar-refractivity contribution is -0.118. The molecule has 2 heterocycles. The molecule has 3 rings (SSSR count). The Balaban J connectivity index is 1.92. The summed E-state index contributed by atoms with van der Waals surface area (Å²) in [5, 5.41) is 1.15. The summed E-state index contributed by atoms with van der Waals surface area (Å²) in [6.45, 7) is 3.09. The Bertz CT molecular complexity index is 853. The van der Waals surface area contributed by atoms with Crippen molar-refractivity contribution >= 4 is 27.8 Å². The van der Waals surface area contributed by atoms with E-state index in [-0.39, 0.29) is 5.91 Å². The molecule has 0 saturated heterocycles. The van der Waals surface area contributed by atoms with E-state index in [1.165, 1.54) is 5.52 Å². The molecule has 24 heavy (non-hydrogen) atoms. The van der Waals surface area contributed by atoms with Gasteiger partial charge < -0.3 is 10.3 Å². The highest BCUT2D eigenvalue weighted by molar-refractivity contribution is 6.02. The average Bonchev–Trinajstić information content (AvgIpc) is 2.92. The molecule has 0 unspecified atom stereocenters. The molecule has 0 saturated carbocycles. The summed E-state index contributed by atoms with van der Waals surface area (Å²) >= 11 is 0. The molecule has 1 aromatic carbocycles. The third-order valence-corrected chi connectivity index (χ3v) is 4.34. The minimum Gasteiger partial charge on any atom is -0.370 e. The van der Waals surface area contributed by atoms with Gasteiger partial charge in [0.1, 0.15) is 11.3 Å². The van der Waals surface area contributed by atoms with Crippen molar-refractivity contribution in [3.05, 3.63) is 36.3 Å². The van der Waals surface area contributed by atoms with E-state index in [0.29, 0.717) is 6.42 Å². The van der Waals surface area contributed by atoms with Gasteiger partial charge in [-0.15, -0.1) is 0 Å². The smallest absolute Gasteiger partial charge is 0.217 e. The van der Waals surface area contributed by atoms with Crippen LogP contribution >= 0.6 is 0 Å². The first-order valence-electron chi connectivity index (χ1n) is 8.72.